The lowest BCUT2D eigenvalue weighted by atomic mass is 10.1. The van der Waals surface area contributed by atoms with Crippen LogP contribution in [0.25, 0.3) is 0 Å². The maximum absolute atomic E-state index is 12.6. The first-order valence-electron chi connectivity index (χ1n) is 7.46. The van der Waals surface area contributed by atoms with E-state index in [1.54, 1.807) is 11.8 Å². The van der Waals surface area contributed by atoms with E-state index in [4.69, 9.17) is 0 Å². The van der Waals surface area contributed by atoms with Crippen molar-refractivity contribution < 1.29 is 14.7 Å². The summed E-state index contributed by atoms with van der Waals surface area (Å²) in [6.45, 7) is 4.19. The van der Waals surface area contributed by atoms with Crippen molar-refractivity contribution in [2.45, 2.75) is 44.7 Å². The number of hydrogen-bond acceptors (Lipinski definition) is 4. The zero-order valence-electron chi connectivity index (χ0n) is 12.1. The highest BCUT2D eigenvalue weighted by molar-refractivity contribution is 7.99. The standard InChI is InChI=1S/C14H24N2O3S/c1-11(13(17)15-6-4-2-3-5-7-15)16-8-9-20-10-12(16)14(18)19/h11-12H,2-10H2,1H3,(H,18,19). The Labute approximate surface area is 124 Å². The van der Waals surface area contributed by atoms with Crippen LogP contribution in [0.5, 0.6) is 0 Å². The smallest absolute Gasteiger partial charge is 0.321 e. The van der Waals surface area contributed by atoms with Crippen LogP contribution in [0.1, 0.15) is 32.6 Å². The highest BCUT2D eigenvalue weighted by Crippen LogP contribution is 2.21. The van der Waals surface area contributed by atoms with E-state index in [2.05, 4.69) is 0 Å². The Morgan fingerprint density at radius 3 is 2.40 bits per heavy atom. The summed E-state index contributed by atoms with van der Waals surface area (Å²) in [5, 5.41) is 9.31. The van der Waals surface area contributed by atoms with E-state index in [0.29, 0.717) is 12.3 Å². The molecule has 20 heavy (non-hydrogen) atoms. The molecule has 0 radical (unpaired) electrons. The van der Waals surface area contributed by atoms with Crippen molar-refractivity contribution in [2.24, 2.45) is 0 Å². The molecule has 2 fully saturated rings. The van der Waals surface area contributed by atoms with Gasteiger partial charge in [0.15, 0.2) is 0 Å². The van der Waals surface area contributed by atoms with Crippen LogP contribution in [-0.4, -0.2) is 70.0 Å². The van der Waals surface area contributed by atoms with Crippen LogP contribution in [0.2, 0.25) is 0 Å². The van der Waals surface area contributed by atoms with Gasteiger partial charge in [0, 0.05) is 31.1 Å². The third kappa shape index (κ3) is 3.67. The fourth-order valence-corrected chi connectivity index (χ4v) is 4.05. The monoisotopic (exact) mass is 300 g/mol. The molecular weight excluding hydrogens is 276 g/mol. The van der Waals surface area contributed by atoms with Gasteiger partial charge in [0.05, 0.1) is 6.04 Å². The zero-order chi connectivity index (χ0) is 14.5. The van der Waals surface area contributed by atoms with Gasteiger partial charge in [0.2, 0.25) is 5.91 Å². The van der Waals surface area contributed by atoms with Crippen LogP contribution >= 0.6 is 11.8 Å². The molecule has 0 aromatic heterocycles. The molecule has 5 nitrogen and oxygen atoms in total. The molecular formula is C14H24N2O3S. The summed E-state index contributed by atoms with van der Waals surface area (Å²) in [6, 6.07) is -0.852. The fraction of sp³-hybridized carbons (Fsp3) is 0.857. The summed E-state index contributed by atoms with van der Waals surface area (Å²) in [6.07, 6.45) is 4.51. The first kappa shape index (κ1) is 15.6. The highest BCUT2D eigenvalue weighted by Gasteiger charge is 2.36. The van der Waals surface area contributed by atoms with Gasteiger partial charge in [0.25, 0.3) is 0 Å². The van der Waals surface area contributed by atoms with Gasteiger partial charge in [-0.1, -0.05) is 12.8 Å². The van der Waals surface area contributed by atoms with Gasteiger partial charge >= 0.3 is 5.97 Å². The largest absolute Gasteiger partial charge is 0.480 e. The van der Waals surface area contributed by atoms with Gasteiger partial charge in [-0.15, -0.1) is 0 Å². The molecule has 0 aliphatic carbocycles. The second-order valence-corrected chi connectivity index (χ2v) is 6.73. The number of aliphatic carboxylic acids is 1. The molecule has 114 valence electrons. The second kappa shape index (κ2) is 7.31. The van der Waals surface area contributed by atoms with Crippen LogP contribution in [-0.2, 0) is 9.59 Å². The Balaban J connectivity index is 2.01. The van der Waals surface area contributed by atoms with Gasteiger partial charge in [-0.2, -0.15) is 11.8 Å². The first-order valence-corrected chi connectivity index (χ1v) is 8.62. The number of carboxylic acids is 1. The predicted octanol–water partition coefficient (Wildman–Crippen LogP) is 1.28. The fourth-order valence-electron chi connectivity index (χ4n) is 2.99. The predicted molar refractivity (Wildman–Crippen MR) is 80.0 cm³/mol. The number of amides is 1. The summed E-state index contributed by atoms with van der Waals surface area (Å²) in [4.78, 5) is 27.7. The van der Waals surface area contributed by atoms with Crippen molar-refractivity contribution in [2.75, 3.05) is 31.1 Å². The van der Waals surface area contributed by atoms with E-state index >= 15 is 0 Å². The average molecular weight is 300 g/mol. The van der Waals surface area contributed by atoms with Crippen LogP contribution in [0.15, 0.2) is 0 Å². The molecule has 0 aromatic rings. The number of carbonyl (C=O) groups excluding carboxylic acids is 1. The van der Waals surface area contributed by atoms with Crippen LogP contribution in [0.3, 0.4) is 0 Å². The quantitative estimate of drug-likeness (QED) is 0.851. The molecule has 2 unspecified atom stereocenters. The number of hydrogen-bond donors (Lipinski definition) is 1. The van der Waals surface area contributed by atoms with E-state index in [1.165, 1.54) is 12.8 Å². The van der Waals surface area contributed by atoms with E-state index in [1.807, 2.05) is 16.7 Å². The number of nitrogens with zero attached hydrogens (tertiary/aromatic N) is 2. The summed E-state index contributed by atoms with van der Waals surface area (Å²) in [7, 11) is 0. The molecule has 1 N–H and O–H groups in total. The van der Waals surface area contributed by atoms with Crippen LogP contribution in [0.4, 0.5) is 0 Å². The molecule has 2 aliphatic rings. The first-order chi connectivity index (χ1) is 9.61. The van der Waals surface area contributed by atoms with Crippen molar-refractivity contribution in [3.8, 4) is 0 Å². The number of carboxylic acid groups (broad SMARTS) is 1. The van der Waals surface area contributed by atoms with Crippen molar-refractivity contribution >= 4 is 23.6 Å². The van der Waals surface area contributed by atoms with E-state index in [9.17, 15) is 14.7 Å². The number of carbonyl (C=O) groups is 2. The van der Waals surface area contributed by atoms with Gasteiger partial charge < -0.3 is 10.0 Å². The molecule has 6 heteroatoms. The van der Waals surface area contributed by atoms with Gasteiger partial charge in [-0.3, -0.25) is 14.5 Å². The van der Waals surface area contributed by atoms with Crippen LogP contribution < -0.4 is 0 Å². The second-order valence-electron chi connectivity index (χ2n) is 5.58. The number of rotatable bonds is 3. The van der Waals surface area contributed by atoms with Gasteiger partial charge in [-0.05, 0) is 19.8 Å². The van der Waals surface area contributed by atoms with Crippen molar-refractivity contribution in [3.63, 3.8) is 0 Å². The number of thioether (sulfide) groups is 1. The molecule has 0 aromatic carbocycles. The summed E-state index contributed by atoms with van der Waals surface area (Å²) in [5.41, 5.74) is 0. The molecule has 2 aliphatic heterocycles. The summed E-state index contributed by atoms with van der Waals surface area (Å²) >= 11 is 1.66. The lowest BCUT2D eigenvalue weighted by molar-refractivity contribution is -0.146. The third-order valence-electron chi connectivity index (χ3n) is 4.23. The van der Waals surface area contributed by atoms with Crippen molar-refractivity contribution in [1.82, 2.24) is 9.80 Å². The minimum absolute atomic E-state index is 0.102. The molecule has 2 atom stereocenters. The molecule has 1 amide bonds. The van der Waals surface area contributed by atoms with Crippen molar-refractivity contribution in [3.05, 3.63) is 0 Å². The normalized spacial score (nSPS) is 26.9. The molecule has 0 saturated carbocycles. The Bertz CT molecular complexity index is 356. The van der Waals surface area contributed by atoms with Crippen LogP contribution in [0, 0.1) is 0 Å². The molecule has 2 saturated heterocycles. The Morgan fingerprint density at radius 1 is 1.15 bits per heavy atom. The third-order valence-corrected chi connectivity index (χ3v) is 5.25. The molecule has 0 spiro atoms. The lowest BCUT2D eigenvalue weighted by Gasteiger charge is -2.38. The maximum Gasteiger partial charge on any atom is 0.321 e. The lowest BCUT2D eigenvalue weighted by Crippen LogP contribution is -2.56. The molecule has 0 bridgehead atoms. The Morgan fingerprint density at radius 2 is 1.80 bits per heavy atom. The van der Waals surface area contributed by atoms with Crippen molar-refractivity contribution in [1.29, 1.82) is 0 Å². The topological polar surface area (TPSA) is 60.9 Å². The SMILES string of the molecule is CC(C(=O)N1CCCCCC1)N1CCSCC1C(=O)O. The van der Waals surface area contributed by atoms with E-state index in [0.717, 1.165) is 31.7 Å². The highest BCUT2D eigenvalue weighted by atomic mass is 32.2. The van der Waals surface area contributed by atoms with Gasteiger partial charge in [-0.25, -0.2) is 0 Å². The minimum atomic E-state index is -0.812. The maximum atomic E-state index is 12.6. The Hall–Kier alpha value is -0.750. The molecule has 2 rings (SSSR count). The van der Waals surface area contributed by atoms with E-state index < -0.39 is 12.0 Å². The minimum Gasteiger partial charge on any atom is -0.480 e. The summed E-state index contributed by atoms with van der Waals surface area (Å²) in [5.74, 6) is 0.770. The summed E-state index contributed by atoms with van der Waals surface area (Å²) < 4.78 is 0. The number of likely N-dealkylation sites (tertiary alicyclic amines) is 1. The van der Waals surface area contributed by atoms with E-state index in [-0.39, 0.29) is 11.9 Å². The van der Waals surface area contributed by atoms with Gasteiger partial charge in [0.1, 0.15) is 6.04 Å². The zero-order valence-corrected chi connectivity index (χ0v) is 12.9. The average Bonchev–Trinajstić information content (AvgIpc) is 2.74. The Kier molecular flexibility index (Phi) is 5.72. The molecule has 2 heterocycles.